The van der Waals surface area contributed by atoms with Crippen molar-refractivity contribution >= 4 is 5.78 Å². The number of ketones is 1. The molecule has 136 valence electrons. The number of rotatable bonds is 1. The summed E-state index contributed by atoms with van der Waals surface area (Å²) in [5.41, 5.74) is 0.923. The van der Waals surface area contributed by atoms with Crippen molar-refractivity contribution in [1.82, 2.24) is 0 Å². The monoisotopic (exact) mass is 332 g/mol. The lowest BCUT2D eigenvalue weighted by molar-refractivity contribution is -0.168. The van der Waals surface area contributed by atoms with Crippen LogP contribution in [0.25, 0.3) is 0 Å². The van der Waals surface area contributed by atoms with E-state index in [1.165, 1.54) is 38.5 Å². The van der Waals surface area contributed by atoms with Gasteiger partial charge < -0.3 is 5.11 Å². The Morgan fingerprint density at radius 2 is 1.67 bits per heavy atom. The molecule has 0 aliphatic heterocycles. The fourth-order valence-corrected chi connectivity index (χ4v) is 7.96. The Morgan fingerprint density at radius 3 is 2.38 bits per heavy atom. The lowest BCUT2D eigenvalue weighted by Crippen LogP contribution is -2.58. The number of aliphatic hydroxyl groups excluding tert-OH is 1. The molecule has 0 amide bonds. The predicted molar refractivity (Wildman–Crippen MR) is 96.5 cm³/mol. The van der Waals surface area contributed by atoms with Crippen LogP contribution in [0, 0.1) is 39.9 Å². The predicted octanol–water partition coefficient (Wildman–Crippen LogP) is 4.99. The zero-order valence-corrected chi connectivity index (χ0v) is 16.1. The Kier molecular flexibility index (Phi) is 3.78. The second kappa shape index (κ2) is 5.32. The first-order valence-corrected chi connectivity index (χ1v) is 10.4. The summed E-state index contributed by atoms with van der Waals surface area (Å²) >= 11 is 0. The third-order valence-electron chi connectivity index (χ3n) is 9.90. The van der Waals surface area contributed by atoms with Crippen LogP contribution in [0.2, 0.25) is 0 Å². The van der Waals surface area contributed by atoms with E-state index in [-0.39, 0.29) is 11.5 Å². The lowest BCUT2D eigenvalue weighted by Gasteiger charge is -2.65. The third-order valence-corrected chi connectivity index (χ3v) is 9.90. The van der Waals surface area contributed by atoms with Gasteiger partial charge in [0.05, 0.1) is 6.10 Å². The van der Waals surface area contributed by atoms with Gasteiger partial charge in [0.25, 0.3) is 0 Å². The molecular formula is C22H36O2. The van der Waals surface area contributed by atoms with E-state index in [9.17, 15) is 9.90 Å². The van der Waals surface area contributed by atoms with Crippen LogP contribution >= 0.6 is 0 Å². The number of carbonyl (C=O) groups is 1. The minimum absolute atomic E-state index is 0.0713. The molecule has 0 heterocycles. The summed E-state index contributed by atoms with van der Waals surface area (Å²) in [4.78, 5) is 12.0. The van der Waals surface area contributed by atoms with Crippen LogP contribution in [0.3, 0.4) is 0 Å². The van der Waals surface area contributed by atoms with Crippen molar-refractivity contribution < 1.29 is 9.90 Å². The number of hydrogen-bond donors (Lipinski definition) is 1. The Labute approximate surface area is 147 Å². The average molecular weight is 333 g/mol. The van der Waals surface area contributed by atoms with Crippen LogP contribution in [0.4, 0.5) is 0 Å². The summed E-state index contributed by atoms with van der Waals surface area (Å²) in [6.45, 7) is 9.23. The zero-order valence-electron chi connectivity index (χ0n) is 16.1. The molecule has 8 atom stereocenters. The van der Waals surface area contributed by atoms with Crippen LogP contribution in [0.15, 0.2) is 0 Å². The summed E-state index contributed by atoms with van der Waals surface area (Å²) in [5, 5.41) is 10.6. The van der Waals surface area contributed by atoms with Crippen molar-refractivity contribution in [3.8, 4) is 0 Å². The molecule has 2 heteroatoms. The minimum Gasteiger partial charge on any atom is -0.393 e. The fourth-order valence-electron chi connectivity index (χ4n) is 7.96. The quantitative estimate of drug-likeness (QED) is 0.735. The van der Waals surface area contributed by atoms with Crippen LogP contribution in [0.1, 0.15) is 85.5 Å². The van der Waals surface area contributed by atoms with Gasteiger partial charge in [-0.1, -0.05) is 20.8 Å². The van der Waals surface area contributed by atoms with Gasteiger partial charge in [-0.05, 0) is 98.7 Å². The molecule has 4 aliphatic carbocycles. The molecule has 0 spiro atoms. The molecule has 0 saturated heterocycles. The first-order chi connectivity index (χ1) is 11.2. The lowest BCUT2D eigenvalue weighted by atomic mass is 9.40. The molecule has 4 rings (SSSR count). The number of hydrogen-bond acceptors (Lipinski definition) is 2. The molecule has 0 aromatic rings. The van der Waals surface area contributed by atoms with Gasteiger partial charge >= 0.3 is 0 Å². The normalized spacial score (nSPS) is 57.0. The van der Waals surface area contributed by atoms with E-state index in [0.717, 1.165) is 37.0 Å². The number of fused-ring (bicyclic) bond motifs is 5. The highest BCUT2D eigenvalue weighted by Gasteiger charge is 2.63. The molecule has 2 nitrogen and oxygen atoms in total. The largest absolute Gasteiger partial charge is 0.393 e. The maximum atomic E-state index is 12.0. The average Bonchev–Trinajstić information content (AvgIpc) is 2.83. The second-order valence-corrected chi connectivity index (χ2v) is 10.6. The van der Waals surface area contributed by atoms with Crippen molar-refractivity contribution in [2.24, 2.45) is 39.9 Å². The van der Waals surface area contributed by atoms with Crippen LogP contribution in [-0.4, -0.2) is 17.0 Å². The van der Waals surface area contributed by atoms with Gasteiger partial charge in [-0.2, -0.15) is 0 Å². The van der Waals surface area contributed by atoms with E-state index >= 15 is 0 Å². The van der Waals surface area contributed by atoms with Gasteiger partial charge in [0, 0.05) is 5.92 Å². The van der Waals surface area contributed by atoms with Crippen molar-refractivity contribution in [2.75, 3.05) is 0 Å². The molecule has 0 aromatic carbocycles. The molecule has 4 aliphatic rings. The summed E-state index contributed by atoms with van der Waals surface area (Å²) in [6, 6.07) is 0. The van der Waals surface area contributed by atoms with E-state index in [1.54, 1.807) is 6.92 Å². The van der Waals surface area contributed by atoms with Crippen LogP contribution in [-0.2, 0) is 4.79 Å². The summed E-state index contributed by atoms with van der Waals surface area (Å²) in [6.07, 6.45) is 10.8. The Balaban J connectivity index is 1.64. The number of aliphatic hydroxyl groups is 1. The van der Waals surface area contributed by atoms with Gasteiger partial charge in [0.2, 0.25) is 0 Å². The Bertz CT molecular complexity index is 542. The van der Waals surface area contributed by atoms with Gasteiger partial charge in [-0.25, -0.2) is 0 Å². The second-order valence-electron chi connectivity index (χ2n) is 10.6. The summed E-state index contributed by atoms with van der Waals surface area (Å²) in [7, 11) is 0. The topological polar surface area (TPSA) is 37.3 Å². The molecule has 1 N–H and O–H groups in total. The first-order valence-electron chi connectivity index (χ1n) is 10.4. The smallest absolute Gasteiger partial charge is 0.132 e. The number of carbonyl (C=O) groups excluding carboxylic acids is 1. The van der Waals surface area contributed by atoms with Crippen molar-refractivity contribution in [3.05, 3.63) is 0 Å². The number of Topliss-reactive ketones (excluding diaryl/α,β-unsaturated/α-hetero) is 1. The van der Waals surface area contributed by atoms with Crippen molar-refractivity contribution in [3.63, 3.8) is 0 Å². The molecule has 4 saturated carbocycles. The van der Waals surface area contributed by atoms with Gasteiger partial charge in [0.15, 0.2) is 0 Å². The van der Waals surface area contributed by atoms with E-state index in [1.807, 2.05) is 0 Å². The van der Waals surface area contributed by atoms with Crippen LogP contribution < -0.4 is 0 Å². The zero-order chi connectivity index (χ0) is 17.3. The highest BCUT2D eigenvalue weighted by Crippen LogP contribution is 2.70. The Hall–Kier alpha value is -0.370. The molecule has 24 heavy (non-hydrogen) atoms. The molecular weight excluding hydrogens is 296 g/mol. The minimum atomic E-state index is -0.0713. The molecule has 8 unspecified atom stereocenters. The van der Waals surface area contributed by atoms with Crippen molar-refractivity contribution in [1.29, 1.82) is 0 Å². The van der Waals surface area contributed by atoms with Gasteiger partial charge in [-0.3, -0.25) is 4.79 Å². The third kappa shape index (κ3) is 2.07. The molecule has 0 radical (unpaired) electrons. The highest BCUT2D eigenvalue weighted by atomic mass is 16.3. The van der Waals surface area contributed by atoms with Gasteiger partial charge in [0.1, 0.15) is 5.78 Å². The first kappa shape index (κ1) is 17.1. The highest BCUT2D eigenvalue weighted by molar-refractivity contribution is 5.78. The molecule has 4 fully saturated rings. The fraction of sp³-hybridized carbons (Fsp3) is 0.955. The van der Waals surface area contributed by atoms with E-state index in [4.69, 9.17) is 0 Å². The Morgan fingerprint density at radius 1 is 0.917 bits per heavy atom. The maximum absolute atomic E-state index is 12.0. The van der Waals surface area contributed by atoms with E-state index < -0.39 is 0 Å². The summed E-state index contributed by atoms with van der Waals surface area (Å²) in [5.74, 6) is 3.08. The van der Waals surface area contributed by atoms with E-state index in [2.05, 4.69) is 20.8 Å². The molecule has 0 aromatic heterocycles. The standard InChI is InChI=1S/C22H36O2/c1-14(23)15-7-12-22(4)18-9-11-21(3)17(5-6-19(21)24)16(18)8-10-20(22,2)13-15/h15-19,24H,5-13H2,1-4H3. The van der Waals surface area contributed by atoms with Gasteiger partial charge in [-0.15, -0.1) is 0 Å². The SMILES string of the molecule is CC(=O)C1CCC2(C)C3CCC4(C)C(O)CCC4C3CCC2(C)C1. The maximum Gasteiger partial charge on any atom is 0.132 e. The summed E-state index contributed by atoms with van der Waals surface area (Å²) < 4.78 is 0. The van der Waals surface area contributed by atoms with Crippen LogP contribution in [0.5, 0.6) is 0 Å². The van der Waals surface area contributed by atoms with E-state index in [0.29, 0.717) is 22.5 Å². The van der Waals surface area contributed by atoms with Crippen molar-refractivity contribution in [2.45, 2.75) is 91.6 Å². The molecule has 0 bridgehead atoms.